The van der Waals surface area contributed by atoms with Crippen LogP contribution < -0.4 is 14.8 Å². The molecule has 0 bridgehead atoms. The predicted molar refractivity (Wildman–Crippen MR) is 101 cm³/mol. The molecule has 3 rings (SSSR count). The molecule has 132 valence electrons. The van der Waals surface area contributed by atoms with Crippen LogP contribution in [-0.2, 0) is 0 Å². The number of nitrogens with one attached hydrogen (secondary N) is 1. The minimum atomic E-state index is 0.156. The minimum Gasteiger partial charge on any atom is -0.493 e. The Morgan fingerprint density at radius 3 is 2.40 bits per heavy atom. The van der Waals surface area contributed by atoms with Gasteiger partial charge < -0.3 is 14.8 Å². The molecule has 0 radical (unpaired) electrons. The second-order valence-corrected chi connectivity index (χ2v) is 6.07. The molecule has 1 heterocycles. The SMILES string of the molecule is CNCCC(c1ccccc1)n1nc(C)c2cc(OC)c(OC)cc21. The molecule has 2 aromatic carbocycles. The van der Waals surface area contributed by atoms with Crippen molar-refractivity contribution in [3.63, 3.8) is 0 Å². The molecule has 0 aliphatic carbocycles. The van der Waals surface area contributed by atoms with Crippen LogP contribution in [0.1, 0.15) is 23.7 Å². The van der Waals surface area contributed by atoms with Crippen LogP contribution in [0, 0.1) is 6.92 Å². The van der Waals surface area contributed by atoms with Gasteiger partial charge in [-0.15, -0.1) is 0 Å². The monoisotopic (exact) mass is 339 g/mol. The molecule has 0 fully saturated rings. The molecular weight excluding hydrogens is 314 g/mol. The summed E-state index contributed by atoms with van der Waals surface area (Å²) in [6, 6.07) is 14.7. The maximum Gasteiger partial charge on any atom is 0.162 e. The minimum absolute atomic E-state index is 0.156. The third kappa shape index (κ3) is 3.33. The van der Waals surface area contributed by atoms with Crippen molar-refractivity contribution in [2.75, 3.05) is 27.8 Å². The molecular formula is C20H25N3O2. The fraction of sp³-hybridized carbons (Fsp3) is 0.350. The maximum absolute atomic E-state index is 5.50. The maximum atomic E-state index is 5.50. The van der Waals surface area contributed by atoms with Crippen molar-refractivity contribution in [3.8, 4) is 11.5 Å². The number of aryl methyl sites for hydroxylation is 1. The molecule has 0 saturated heterocycles. The number of nitrogens with zero attached hydrogens (tertiary/aromatic N) is 2. The smallest absolute Gasteiger partial charge is 0.162 e. The number of rotatable bonds is 7. The summed E-state index contributed by atoms with van der Waals surface area (Å²) in [5.41, 5.74) is 3.29. The highest BCUT2D eigenvalue weighted by atomic mass is 16.5. The van der Waals surface area contributed by atoms with Crippen LogP contribution in [0.25, 0.3) is 10.9 Å². The van der Waals surface area contributed by atoms with E-state index in [2.05, 4.69) is 34.3 Å². The zero-order valence-corrected chi connectivity index (χ0v) is 15.2. The van der Waals surface area contributed by atoms with Crippen LogP contribution in [0.2, 0.25) is 0 Å². The van der Waals surface area contributed by atoms with Gasteiger partial charge in [-0.05, 0) is 38.6 Å². The number of methoxy groups -OCH3 is 2. The Bertz CT molecular complexity index is 843. The number of fused-ring (bicyclic) bond motifs is 1. The third-order valence-corrected chi connectivity index (χ3v) is 4.54. The lowest BCUT2D eigenvalue weighted by molar-refractivity contribution is 0.355. The molecule has 5 heteroatoms. The summed E-state index contributed by atoms with van der Waals surface area (Å²) in [5, 5.41) is 9.18. The molecule has 0 aliphatic rings. The summed E-state index contributed by atoms with van der Waals surface area (Å²) in [4.78, 5) is 0. The number of aromatic nitrogens is 2. The first kappa shape index (κ1) is 17.3. The molecule has 1 aromatic heterocycles. The van der Waals surface area contributed by atoms with E-state index in [-0.39, 0.29) is 6.04 Å². The van der Waals surface area contributed by atoms with Crippen LogP contribution in [0.5, 0.6) is 11.5 Å². The molecule has 0 saturated carbocycles. The quantitative estimate of drug-likeness (QED) is 0.715. The van der Waals surface area contributed by atoms with Gasteiger partial charge in [0.1, 0.15) is 0 Å². The highest BCUT2D eigenvalue weighted by molar-refractivity contribution is 5.85. The molecule has 0 aliphatic heterocycles. The van der Waals surface area contributed by atoms with E-state index in [1.54, 1.807) is 14.2 Å². The van der Waals surface area contributed by atoms with E-state index in [9.17, 15) is 0 Å². The molecule has 1 N–H and O–H groups in total. The summed E-state index contributed by atoms with van der Waals surface area (Å²) >= 11 is 0. The average molecular weight is 339 g/mol. The van der Waals surface area contributed by atoms with Crippen molar-refractivity contribution < 1.29 is 9.47 Å². The largest absolute Gasteiger partial charge is 0.493 e. The van der Waals surface area contributed by atoms with Crippen LogP contribution in [-0.4, -0.2) is 37.6 Å². The Kier molecular flexibility index (Phi) is 5.24. The normalized spacial score (nSPS) is 12.3. The summed E-state index contributed by atoms with van der Waals surface area (Å²) in [6.07, 6.45) is 0.949. The third-order valence-electron chi connectivity index (χ3n) is 4.54. The predicted octanol–water partition coefficient (Wildman–Crippen LogP) is 3.56. The van der Waals surface area contributed by atoms with Gasteiger partial charge >= 0.3 is 0 Å². The van der Waals surface area contributed by atoms with Crippen molar-refractivity contribution in [1.82, 2.24) is 15.1 Å². The first-order valence-corrected chi connectivity index (χ1v) is 8.50. The van der Waals surface area contributed by atoms with E-state index in [4.69, 9.17) is 14.6 Å². The highest BCUT2D eigenvalue weighted by Crippen LogP contribution is 2.36. The van der Waals surface area contributed by atoms with Crippen LogP contribution in [0.3, 0.4) is 0 Å². The van der Waals surface area contributed by atoms with Gasteiger partial charge in [0.05, 0.1) is 31.5 Å². The zero-order chi connectivity index (χ0) is 17.8. The standard InChI is InChI=1S/C20H25N3O2/c1-14-16-12-19(24-3)20(25-4)13-18(16)23(22-14)17(10-11-21-2)15-8-6-5-7-9-15/h5-9,12-13,17,21H,10-11H2,1-4H3. The van der Waals surface area contributed by atoms with Gasteiger partial charge in [-0.3, -0.25) is 4.68 Å². The summed E-state index contributed by atoms with van der Waals surface area (Å²) in [5.74, 6) is 1.45. The highest BCUT2D eigenvalue weighted by Gasteiger charge is 2.20. The summed E-state index contributed by atoms with van der Waals surface area (Å²) in [6.45, 7) is 2.94. The lowest BCUT2D eigenvalue weighted by atomic mass is 10.0. The van der Waals surface area contributed by atoms with E-state index in [0.29, 0.717) is 0 Å². The fourth-order valence-corrected chi connectivity index (χ4v) is 3.24. The number of ether oxygens (including phenoxy) is 2. The van der Waals surface area contributed by atoms with Crippen molar-refractivity contribution in [2.24, 2.45) is 0 Å². The summed E-state index contributed by atoms with van der Waals surface area (Å²) < 4.78 is 13.1. The first-order valence-electron chi connectivity index (χ1n) is 8.50. The Hall–Kier alpha value is -2.53. The van der Waals surface area contributed by atoms with Gasteiger partial charge in [0.15, 0.2) is 11.5 Å². The molecule has 5 nitrogen and oxygen atoms in total. The fourth-order valence-electron chi connectivity index (χ4n) is 3.24. The summed E-state index contributed by atoms with van der Waals surface area (Å²) in [7, 11) is 5.29. The van der Waals surface area contributed by atoms with Crippen molar-refractivity contribution in [3.05, 3.63) is 53.7 Å². The Labute approximate surface area is 148 Å². The van der Waals surface area contributed by atoms with Crippen LogP contribution in [0.15, 0.2) is 42.5 Å². The van der Waals surface area contributed by atoms with E-state index < -0.39 is 0 Å². The molecule has 1 atom stereocenters. The molecule has 25 heavy (non-hydrogen) atoms. The molecule has 3 aromatic rings. The number of hydrogen-bond donors (Lipinski definition) is 1. The Morgan fingerprint density at radius 2 is 1.76 bits per heavy atom. The first-order chi connectivity index (χ1) is 12.2. The van der Waals surface area contributed by atoms with Gasteiger partial charge in [0.2, 0.25) is 0 Å². The van der Waals surface area contributed by atoms with E-state index in [1.165, 1.54) is 5.56 Å². The van der Waals surface area contributed by atoms with Gasteiger partial charge in [-0.2, -0.15) is 5.10 Å². The number of benzene rings is 2. The van der Waals surface area contributed by atoms with Crippen molar-refractivity contribution >= 4 is 10.9 Å². The Morgan fingerprint density at radius 1 is 1.08 bits per heavy atom. The van der Waals surface area contributed by atoms with E-state index in [1.807, 2.05) is 32.2 Å². The zero-order valence-electron chi connectivity index (χ0n) is 15.2. The van der Waals surface area contributed by atoms with Crippen molar-refractivity contribution in [2.45, 2.75) is 19.4 Å². The topological polar surface area (TPSA) is 48.3 Å². The second-order valence-electron chi connectivity index (χ2n) is 6.07. The van der Waals surface area contributed by atoms with Gasteiger partial charge in [-0.25, -0.2) is 0 Å². The van der Waals surface area contributed by atoms with Crippen LogP contribution in [0.4, 0.5) is 0 Å². The van der Waals surface area contributed by atoms with E-state index in [0.717, 1.165) is 41.1 Å². The molecule has 0 amide bonds. The molecule has 1 unspecified atom stereocenters. The van der Waals surface area contributed by atoms with Gasteiger partial charge in [-0.1, -0.05) is 30.3 Å². The van der Waals surface area contributed by atoms with Gasteiger partial charge in [0, 0.05) is 11.5 Å². The van der Waals surface area contributed by atoms with Crippen molar-refractivity contribution in [1.29, 1.82) is 0 Å². The van der Waals surface area contributed by atoms with E-state index >= 15 is 0 Å². The van der Waals surface area contributed by atoms with Gasteiger partial charge in [0.25, 0.3) is 0 Å². The van der Waals surface area contributed by atoms with Crippen LogP contribution >= 0.6 is 0 Å². The molecule has 0 spiro atoms. The second kappa shape index (κ2) is 7.57. The average Bonchev–Trinajstić information content (AvgIpc) is 2.97. The number of hydrogen-bond acceptors (Lipinski definition) is 4. The lowest BCUT2D eigenvalue weighted by Crippen LogP contribution is -2.18. The lowest BCUT2D eigenvalue weighted by Gasteiger charge is -2.19. The Balaban J connectivity index is 2.17.